The number of phenolic OH excluding ortho intramolecular Hbond substituents is 1. The number of carbonyl (C=O) groups is 1. The number of hydrogen-bond acceptors (Lipinski definition) is 6. The molecule has 0 saturated heterocycles. The number of aliphatic hydroxyl groups excluding tert-OH is 1. The zero-order valence-corrected chi connectivity index (χ0v) is 17.1. The van der Waals surface area contributed by atoms with Gasteiger partial charge < -0.3 is 19.7 Å². The Hall–Kier alpha value is -3.60. The highest BCUT2D eigenvalue weighted by Gasteiger charge is 2.29. The Morgan fingerprint density at radius 2 is 1.81 bits per heavy atom. The summed E-state index contributed by atoms with van der Waals surface area (Å²) in [4.78, 5) is 12.7. The fourth-order valence-corrected chi connectivity index (χ4v) is 3.45. The third-order valence-electron chi connectivity index (χ3n) is 4.87. The van der Waals surface area contributed by atoms with Crippen LogP contribution >= 0.6 is 0 Å². The van der Waals surface area contributed by atoms with Crippen molar-refractivity contribution in [2.45, 2.75) is 25.6 Å². The van der Waals surface area contributed by atoms with Crippen molar-refractivity contribution in [2.24, 2.45) is 0 Å². The van der Waals surface area contributed by atoms with Crippen molar-refractivity contribution in [3.05, 3.63) is 71.8 Å². The highest BCUT2D eigenvalue weighted by atomic mass is 16.6. The lowest BCUT2D eigenvalue weighted by Gasteiger charge is -2.28. The topological polar surface area (TPSA) is 112 Å². The number of benzene rings is 3. The second-order valence-electron chi connectivity index (χ2n) is 6.87. The number of phenols is 1. The summed E-state index contributed by atoms with van der Waals surface area (Å²) in [7, 11) is 0. The van der Waals surface area contributed by atoms with Gasteiger partial charge in [0.15, 0.2) is 6.10 Å². The molecule has 0 heterocycles. The molecule has 3 N–H and O–H groups in total. The van der Waals surface area contributed by atoms with E-state index in [9.17, 15) is 15.0 Å². The maximum Gasteiger partial charge on any atom is 0.412 e. The number of aromatic hydroxyl groups is 1. The largest absolute Gasteiger partial charge is 0.507 e. The van der Waals surface area contributed by atoms with Crippen LogP contribution in [-0.4, -0.2) is 35.6 Å². The van der Waals surface area contributed by atoms with Gasteiger partial charge in [0.05, 0.1) is 11.6 Å². The molecule has 0 spiro atoms. The molecule has 7 heteroatoms. The van der Waals surface area contributed by atoms with E-state index in [1.54, 1.807) is 42.5 Å². The van der Waals surface area contributed by atoms with Crippen LogP contribution in [0, 0.1) is 11.3 Å². The quantitative estimate of drug-likeness (QED) is 0.495. The minimum atomic E-state index is -0.823. The summed E-state index contributed by atoms with van der Waals surface area (Å²) in [6.45, 7) is 2.06. The van der Waals surface area contributed by atoms with Crippen molar-refractivity contribution < 1.29 is 24.5 Å². The van der Waals surface area contributed by atoms with E-state index in [0.717, 1.165) is 5.39 Å². The van der Waals surface area contributed by atoms with Gasteiger partial charge in [-0.3, -0.25) is 5.32 Å². The van der Waals surface area contributed by atoms with E-state index in [1.807, 2.05) is 31.2 Å². The van der Waals surface area contributed by atoms with Crippen molar-refractivity contribution in [2.75, 3.05) is 18.5 Å². The van der Waals surface area contributed by atoms with E-state index in [1.165, 1.54) is 0 Å². The minimum Gasteiger partial charge on any atom is -0.507 e. The summed E-state index contributed by atoms with van der Waals surface area (Å²) in [6, 6.07) is 18.9. The number of hydrogen-bond donors (Lipinski definition) is 3. The summed E-state index contributed by atoms with van der Waals surface area (Å²) in [6.07, 6.45) is -1.85. The zero-order valence-electron chi connectivity index (χ0n) is 17.1. The van der Waals surface area contributed by atoms with Crippen molar-refractivity contribution in [1.82, 2.24) is 0 Å². The maximum absolute atomic E-state index is 12.7. The molecule has 7 nitrogen and oxygen atoms in total. The van der Waals surface area contributed by atoms with Crippen LogP contribution in [0.2, 0.25) is 0 Å². The highest BCUT2D eigenvalue weighted by molar-refractivity contribution is 5.91. The Bertz CT molecular complexity index is 1070. The fraction of sp³-hybridized carbons (Fsp3) is 0.250. The van der Waals surface area contributed by atoms with Gasteiger partial charge in [-0.1, -0.05) is 30.3 Å². The molecule has 2 atom stereocenters. The number of aliphatic hydroxyl groups is 1. The summed E-state index contributed by atoms with van der Waals surface area (Å²) >= 11 is 0. The van der Waals surface area contributed by atoms with Gasteiger partial charge in [-0.15, -0.1) is 0 Å². The number of anilines is 1. The lowest BCUT2D eigenvalue weighted by molar-refractivity contribution is -0.0478. The standard InChI is InChI=1S/C24H24N2O5/c1-2-30-22(13-14-27)23(20-11-12-21(28)19-6-4-3-5-18(19)20)31-24(29)26-17-9-7-16(15-25)8-10-17/h3-12,22-23,27-28H,2,13-14H2,1H3,(H,26,29)/t22-,23-/m0/s1. The molecule has 0 bridgehead atoms. The number of carbonyl (C=O) groups excluding carboxylic acids is 1. The van der Waals surface area contributed by atoms with Gasteiger partial charge in [0, 0.05) is 36.3 Å². The molecule has 160 valence electrons. The van der Waals surface area contributed by atoms with Gasteiger partial charge in [0.1, 0.15) is 11.9 Å². The SMILES string of the molecule is CCO[C@@H](CCO)[C@@H](OC(=O)Nc1ccc(C#N)cc1)c1ccc(O)c2ccccc12. The van der Waals surface area contributed by atoms with Gasteiger partial charge in [-0.2, -0.15) is 5.26 Å². The number of nitriles is 1. The van der Waals surface area contributed by atoms with Crippen molar-refractivity contribution in [3.63, 3.8) is 0 Å². The predicted octanol–water partition coefficient (Wildman–Crippen LogP) is 4.49. The van der Waals surface area contributed by atoms with Gasteiger partial charge >= 0.3 is 6.09 Å². The van der Waals surface area contributed by atoms with E-state index < -0.39 is 18.3 Å². The smallest absolute Gasteiger partial charge is 0.412 e. The second kappa shape index (κ2) is 10.4. The molecule has 31 heavy (non-hydrogen) atoms. The number of amides is 1. The molecule has 0 fully saturated rings. The number of ether oxygens (including phenoxy) is 2. The predicted molar refractivity (Wildman–Crippen MR) is 117 cm³/mol. The number of rotatable bonds is 8. The number of fused-ring (bicyclic) bond motifs is 1. The van der Waals surface area contributed by atoms with Crippen LogP contribution in [0.25, 0.3) is 10.8 Å². The van der Waals surface area contributed by atoms with E-state index in [4.69, 9.17) is 14.7 Å². The first kappa shape index (κ1) is 22.1. The van der Waals surface area contributed by atoms with E-state index in [2.05, 4.69) is 5.32 Å². The van der Waals surface area contributed by atoms with E-state index >= 15 is 0 Å². The first-order valence-corrected chi connectivity index (χ1v) is 9.98. The maximum atomic E-state index is 12.7. The van der Waals surface area contributed by atoms with Crippen molar-refractivity contribution >= 4 is 22.6 Å². The van der Waals surface area contributed by atoms with Crippen LogP contribution in [-0.2, 0) is 9.47 Å². The molecule has 3 rings (SSSR count). The van der Waals surface area contributed by atoms with Crippen LogP contribution in [0.3, 0.4) is 0 Å². The van der Waals surface area contributed by atoms with Gasteiger partial charge in [0.25, 0.3) is 0 Å². The van der Waals surface area contributed by atoms with Gasteiger partial charge in [0.2, 0.25) is 0 Å². The summed E-state index contributed by atoms with van der Waals surface area (Å²) in [5, 5.41) is 32.7. The molecular weight excluding hydrogens is 396 g/mol. The molecule has 0 aliphatic heterocycles. The van der Waals surface area contributed by atoms with Crippen LogP contribution in [0.1, 0.15) is 30.6 Å². The summed E-state index contributed by atoms with van der Waals surface area (Å²) in [5.74, 6) is 0.121. The summed E-state index contributed by atoms with van der Waals surface area (Å²) < 4.78 is 11.6. The van der Waals surface area contributed by atoms with Crippen LogP contribution < -0.4 is 5.32 Å². The molecule has 0 saturated carbocycles. The first-order chi connectivity index (χ1) is 15.1. The van der Waals surface area contributed by atoms with Gasteiger partial charge in [-0.25, -0.2) is 4.79 Å². The lowest BCUT2D eigenvalue weighted by Crippen LogP contribution is -2.30. The molecule has 1 amide bonds. The Morgan fingerprint density at radius 3 is 2.45 bits per heavy atom. The van der Waals surface area contributed by atoms with Crippen molar-refractivity contribution in [3.8, 4) is 11.8 Å². The monoisotopic (exact) mass is 420 g/mol. The molecule has 0 aliphatic carbocycles. The lowest BCUT2D eigenvalue weighted by atomic mass is 9.95. The van der Waals surface area contributed by atoms with E-state index in [0.29, 0.717) is 28.8 Å². The third kappa shape index (κ3) is 5.31. The normalized spacial score (nSPS) is 12.7. The summed E-state index contributed by atoms with van der Waals surface area (Å²) in [5.41, 5.74) is 1.62. The third-order valence-corrected chi connectivity index (χ3v) is 4.87. The van der Waals surface area contributed by atoms with Crippen LogP contribution in [0.4, 0.5) is 10.5 Å². The van der Waals surface area contributed by atoms with Gasteiger partial charge in [-0.05, 0) is 42.6 Å². The molecule has 0 aliphatic rings. The molecule has 3 aromatic carbocycles. The number of nitrogens with one attached hydrogen (secondary N) is 1. The Labute approximate surface area is 180 Å². The Kier molecular flexibility index (Phi) is 7.44. The highest BCUT2D eigenvalue weighted by Crippen LogP contribution is 2.35. The first-order valence-electron chi connectivity index (χ1n) is 9.98. The average Bonchev–Trinajstić information content (AvgIpc) is 2.79. The van der Waals surface area contributed by atoms with E-state index in [-0.39, 0.29) is 18.8 Å². The number of nitrogens with zero attached hydrogens (tertiary/aromatic N) is 1. The molecule has 0 unspecified atom stereocenters. The van der Waals surface area contributed by atoms with Crippen LogP contribution in [0.5, 0.6) is 5.75 Å². The molecular formula is C24H24N2O5. The minimum absolute atomic E-state index is 0.121. The Balaban J connectivity index is 1.94. The van der Waals surface area contributed by atoms with Crippen LogP contribution in [0.15, 0.2) is 60.7 Å². The van der Waals surface area contributed by atoms with Crippen molar-refractivity contribution in [1.29, 1.82) is 5.26 Å². The average molecular weight is 420 g/mol. The molecule has 0 aromatic heterocycles. The fourth-order valence-electron chi connectivity index (χ4n) is 3.45. The molecule has 0 radical (unpaired) electrons. The molecule has 3 aromatic rings. The zero-order chi connectivity index (χ0) is 22.2. The second-order valence-corrected chi connectivity index (χ2v) is 6.87. The Morgan fingerprint density at radius 1 is 1.10 bits per heavy atom.